The third-order valence-corrected chi connectivity index (χ3v) is 3.70. The Labute approximate surface area is 147 Å². The molecule has 24 heavy (non-hydrogen) atoms. The van der Waals surface area contributed by atoms with E-state index in [9.17, 15) is 4.79 Å². The summed E-state index contributed by atoms with van der Waals surface area (Å²) in [5, 5.41) is 6.78. The largest absolute Gasteiger partial charge is 0.497 e. The van der Waals surface area contributed by atoms with Gasteiger partial charge < -0.3 is 20.3 Å². The Morgan fingerprint density at radius 2 is 2.04 bits per heavy atom. The van der Waals surface area contributed by atoms with E-state index in [1.807, 2.05) is 24.3 Å². The lowest BCUT2D eigenvalue weighted by atomic mass is 10.0. The van der Waals surface area contributed by atoms with Crippen LogP contribution in [0, 0.1) is 5.92 Å². The molecular formula is C16H23ClN4O3. The first kappa shape index (κ1) is 19.9. The van der Waals surface area contributed by atoms with Gasteiger partial charge in [-0.1, -0.05) is 24.2 Å². The van der Waals surface area contributed by atoms with E-state index in [-0.39, 0.29) is 30.3 Å². The number of nitrogens with one attached hydrogen (secondary N) is 1. The molecule has 3 unspecified atom stereocenters. The van der Waals surface area contributed by atoms with Crippen LogP contribution in [0.2, 0.25) is 0 Å². The van der Waals surface area contributed by atoms with Gasteiger partial charge in [0.2, 0.25) is 17.6 Å². The van der Waals surface area contributed by atoms with Crippen molar-refractivity contribution in [2.75, 3.05) is 7.11 Å². The lowest BCUT2D eigenvalue weighted by Gasteiger charge is -2.17. The fourth-order valence-electron chi connectivity index (χ4n) is 1.94. The third-order valence-electron chi connectivity index (χ3n) is 3.70. The third kappa shape index (κ3) is 4.69. The highest BCUT2D eigenvalue weighted by atomic mass is 35.5. The first-order valence-electron chi connectivity index (χ1n) is 7.46. The average Bonchev–Trinajstić information content (AvgIpc) is 3.04. The van der Waals surface area contributed by atoms with E-state index >= 15 is 0 Å². The molecule has 7 nitrogen and oxygen atoms in total. The first-order chi connectivity index (χ1) is 10.9. The van der Waals surface area contributed by atoms with Gasteiger partial charge in [0.25, 0.3) is 0 Å². The van der Waals surface area contributed by atoms with Crippen LogP contribution in [0.15, 0.2) is 28.8 Å². The molecule has 2 aromatic rings. The molecule has 3 atom stereocenters. The number of methoxy groups -OCH3 is 1. The SMILES string of the molecule is COc1cccc(-c2noc(C(C)NC(=O)C(C)C(C)N)n2)c1.Cl. The molecule has 0 saturated carbocycles. The van der Waals surface area contributed by atoms with Gasteiger partial charge in [0.15, 0.2) is 0 Å². The fourth-order valence-corrected chi connectivity index (χ4v) is 1.94. The van der Waals surface area contributed by atoms with Crippen molar-refractivity contribution in [1.82, 2.24) is 15.5 Å². The zero-order chi connectivity index (χ0) is 17.0. The van der Waals surface area contributed by atoms with Crippen molar-refractivity contribution in [3.05, 3.63) is 30.2 Å². The van der Waals surface area contributed by atoms with Crippen molar-refractivity contribution < 1.29 is 14.1 Å². The average molecular weight is 355 g/mol. The predicted octanol–water partition coefficient (Wildman–Crippen LogP) is 2.33. The number of aromatic nitrogens is 2. The molecule has 1 amide bonds. The van der Waals surface area contributed by atoms with Crippen LogP contribution in [0.4, 0.5) is 0 Å². The molecule has 1 aromatic heterocycles. The van der Waals surface area contributed by atoms with Gasteiger partial charge in [0.05, 0.1) is 7.11 Å². The Kier molecular flexibility index (Phi) is 7.18. The molecule has 0 fully saturated rings. The lowest BCUT2D eigenvalue weighted by Crippen LogP contribution is -2.39. The van der Waals surface area contributed by atoms with E-state index in [2.05, 4.69) is 15.5 Å². The predicted molar refractivity (Wildman–Crippen MR) is 92.9 cm³/mol. The van der Waals surface area contributed by atoms with Gasteiger partial charge in [-0.15, -0.1) is 12.4 Å². The van der Waals surface area contributed by atoms with Crippen LogP contribution < -0.4 is 15.8 Å². The summed E-state index contributed by atoms with van der Waals surface area (Å²) in [7, 11) is 1.60. The molecule has 0 aliphatic rings. The van der Waals surface area contributed by atoms with Crippen molar-refractivity contribution in [1.29, 1.82) is 0 Å². The van der Waals surface area contributed by atoms with Crippen LogP contribution in [0.25, 0.3) is 11.4 Å². The lowest BCUT2D eigenvalue weighted by molar-refractivity contribution is -0.125. The minimum atomic E-state index is -0.393. The molecule has 8 heteroatoms. The highest BCUT2D eigenvalue weighted by molar-refractivity contribution is 5.85. The zero-order valence-electron chi connectivity index (χ0n) is 14.1. The summed E-state index contributed by atoms with van der Waals surface area (Å²) in [6.07, 6.45) is 0. The van der Waals surface area contributed by atoms with E-state index in [0.29, 0.717) is 17.5 Å². The minimum Gasteiger partial charge on any atom is -0.497 e. The van der Waals surface area contributed by atoms with Crippen molar-refractivity contribution in [3.63, 3.8) is 0 Å². The van der Waals surface area contributed by atoms with Crippen LogP contribution in [0.3, 0.4) is 0 Å². The Hall–Kier alpha value is -2.12. The molecule has 132 valence electrons. The van der Waals surface area contributed by atoms with E-state index in [1.54, 1.807) is 27.9 Å². The molecule has 0 bridgehead atoms. The summed E-state index contributed by atoms with van der Waals surface area (Å²) in [5.41, 5.74) is 6.51. The minimum absolute atomic E-state index is 0. The number of hydrogen-bond donors (Lipinski definition) is 2. The number of carbonyl (C=O) groups is 1. The Balaban J connectivity index is 0.00000288. The molecule has 1 aromatic carbocycles. The van der Waals surface area contributed by atoms with E-state index in [0.717, 1.165) is 5.56 Å². The number of nitrogens with zero attached hydrogens (tertiary/aromatic N) is 2. The monoisotopic (exact) mass is 354 g/mol. The normalized spacial score (nSPS) is 14.2. The van der Waals surface area contributed by atoms with E-state index in [4.69, 9.17) is 15.0 Å². The van der Waals surface area contributed by atoms with Crippen LogP contribution >= 0.6 is 12.4 Å². The summed E-state index contributed by atoms with van der Waals surface area (Å²) in [6, 6.07) is 6.74. The number of ether oxygens (including phenoxy) is 1. The summed E-state index contributed by atoms with van der Waals surface area (Å²) in [4.78, 5) is 16.4. The Bertz CT molecular complexity index is 675. The quantitative estimate of drug-likeness (QED) is 0.825. The van der Waals surface area contributed by atoms with Gasteiger partial charge in [0, 0.05) is 17.5 Å². The molecule has 3 N–H and O–H groups in total. The van der Waals surface area contributed by atoms with Gasteiger partial charge in [0.1, 0.15) is 11.8 Å². The van der Waals surface area contributed by atoms with Crippen LogP contribution in [0.1, 0.15) is 32.7 Å². The van der Waals surface area contributed by atoms with Crippen molar-refractivity contribution in [3.8, 4) is 17.1 Å². The van der Waals surface area contributed by atoms with Gasteiger partial charge in [-0.25, -0.2) is 0 Å². The number of nitrogens with two attached hydrogens (primary N) is 1. The first-order valence-corrected chi connectivity index (χ1v) is 7.46. The number of benzene rings is 1. The molecular weight excluding hydrogens is 332 g/mol. The summed E-state index contributed by atoms with van der Waals surface area (Å²) in [6.45, 7) is 5.36. The van der Waals surface area contributed by atoms with Crippen molar-refractivity contribution >= 4 is 18.3 Å². The number of carbonyl (C=O) groups excluding carboxylic acids is 1. The molecule has 0 aliphatic carbocycles. The van der Waals surface area contributed by atoms with Crippen molar-refractivity contribution in [2.24, 2.45) is 11.7 Å². The Morgan fingerprint density at radius 3 is 2.67 bits per heavy atom. The topological polar surface area (TPSA) is 103 Å². The second kappa shape index (κ2) is 8.65. The second-order valence-electron chi connectivity index (χ2n) is 5.57. The number of rotatable bonds is 6. The van der Waals surface area contributed by atoms with Gasteiger partial charge in [-0.05, 0) is 26.0 Å². The van der Waals surface area contributed by atoms with E-state index < -0.39 is 6.04 Å². The van der Waals surface area contributed by atoms with Gasteiger partial charge in [-0.2, -0.15) is 4.98 Å². The van der Waals surface area contributed by atoms with Crippen LogP contribution in [0.5, 0.6) is 5.75 Å². The molecule has 0 radical (unpaired) electrons. The maximum atomic E-state index is 12.0. The molecule has 0 spiro atoms. The highest BCUT2D eigenvalue weighted by Gasteiger charge is 2.22. The molecule has 1 heterocycles. The smallest absolute Gasteiger partial charge is 0.249 e. The van der Waals surface area contributed by atoms with Gasteiger partial charge >= 0.3 is 0 Å². The maximum absolute atomic E-state index is 12.0. The van der Waals surface area contributed by atoms with Crippen molar-refractivity contribution in [2.45, 2.75) is 32.9 Å². The molecule has 0 aliphatic heterocycles. The van der Waals surface area contributed by atoms with Crippen LogP contribution in [-0.2, 0) is 4.79 Å². The summed E-state index contributed by atoms with van der Waals surface area (Å²) < 4.78 is 10.4. The van der Waals surface area contributed by atoms with E-state index in [1.165, 1.54) is 0 Å². The number of hydrogen-bond acceptors (Lipinski definition) is 6. The summed E-state index contributed by atoms with van der Waals surface area (Å²) >= 11 is 0. The maximum Gasteiger partial charge on any atom is 0.249 e. The highest BCUT2D eigenvalue weighted by Crippen LogP contribution is 2.22. The molecule has 2 rings (SSSR count). The van der Waals surface area contributed by atoms with Crippen LogP contribution in [-0.4, -0.2) is 29.2 Å². The number of amides is 1. The second-order valence-corrected chi connectivity index (χ2v) is 5.57. The fraction of sp³-hybridized carbons (Fsp3) is 0.438. The number of halogens is 1. The summed E-state index contributed by atoms with van der Waals surface area (Å²) in [5.74, 6) is 1.06. The Morgan fingerprint density at radius 1 is 1.33 bits per heavy atom. The standard InChI is InChI=1S/C16H22N4O3.ClH/c1-9(10(2)17)15(21)18-11(3)16-19-14(20-23-16)12-6-5-7-13(8-12)22-4;/h5-11H,17H2,1-4H3,(H,18,21);1H. The zero-order valence-corrected chi connectivity index (χ0v) is 15.0. The molecule has 0 saturated heterocycles. The van der Waals surface area contributed by atoms with Gasteiger partial charge in [-0.3, -0.25) is 4.79 Å².